The van der Waals surface area contributed by atoms with Crippen LogP contribution in [0.4, 0.5) is 11.5 Å². The topological polar surface area (TPSA) is 118 Å². The number of halogens is 1. The van der Waals surface area contributed by atoms with Gasteiger partial charge < -0.3 is 5.32 Å². The Kier molecular flexibility index (Phi) is 4.08. The number of non-ortho nitro benzene ring substituents is 1. The van der Waals surface area contributed by atoms with Crippen LogP contribution in [-0.4, -0.2) is 21.0 Å². The molecule has 1 heterocycles. The standard InChI is InChI=1S/C11H7IN4O4/c12-8-2-1-6(16(19)20)5-7(8)11(18)13-9-3-4-10(17)15-14-9/h1-5H,(H,15,17)(H,13,14,18). The van der Waals surface area contributed by atoms with Gasteiger partial charge in [-0.3, -0.25) is 19.7 Å². The van der Waals surface area contributed by atoms with Crippen LogP contribution >= 0.6 is 22.6 Å². The number of H-pyrrole nitrogens is 1. The van der Waals surface area contributed by atoms with Gasteiger partial charge in [-0.25, -0.2) is 5.10 Å². The van der Waals surface area contributed by atoms with Crippen LogP contribution < -0.4 is 10.9 Å². The average Bonchev–Trinajstić information content (AvgIpc) is 2.41. The van der Waals surface area contributed by atoms with Crippen LogP contribution in [0, 0.1) is 13.7 Å². The fourth-order valence-electron chi connectivity index (χ4n) is 1.40. The van der Waals surface area contributed by atoms with E-state index in [1.54, 1.807) is 0 Å². The number of carbonyl (C=O) groups excluding carboxylic acids is 1. The Morgan fingerprint density at radius 1 is 1.35 bits per heavy atom. The van der Waals surface area contributed by atoms with Crippen molar-refractivity contribution in [1.29, 1.82) is 0 Å². The number of benzene rings is 1. The number of hydrogen-bond donors (Lipinski definition) is 2. The number of nitro groups is 1. The highest BCUT2D eigenvalue weighted by Crippen LogP contribution is 2.20. The van der Waals surface area contributed by atoms with E-state index in [1.165, 1.54) is 30.3 Å². The minimum Gasteiger partial charge on any atom is -0.305 e. The molecule has 0 unspecified atom stereocenters. The Bertz CT molecular complexity index is 723. The first-order valence-corrected chi connectivity index (χ1v) is 6.36. The van der Waals surface area contributed by atoms with Crippen LogP contribution in [0.2, 0.25) is 0 Å². The van der Waals surface area contributed by atoms with Gasteiger partial charge in [-0.2, -0.15) is 5.10 Å². The molecule has 9 heteroatoms. The van der Waals surface area contributed by atoms with Gasteiger partial charge in [0.1, 0.15) is 0 Å². The second kappa shape index (κ2) is 5.77. The molecule has 2 N–H and O–H groups in total. The fourth-order valence-corrected chi connectivity index (χ4v) is 1.98. The van der Waals surface area contributed by atoms with Crippen molar-refractivity contribution in [2.24, 2.45) is 0 Å². The lowest BCUT2D eigenvalue weighted by molar-refractivity contribution is -0.384. The molecule has 0 aliphatic heterocycles. The number of rotatable bonds is 3. The minimum atomic E-state index is -0.578. The highest BCUT2D eigenvalue weighted by molar-refractivity contribution is 14.1. The maximum Gasteiger partial charge on any atom is 0.270 e. The van der Waals surface area contributed by atoms with Gasteiger partial charge in [0, 0.05) is 21.8 Å². The van der Waals surface area contributed by atoms with Crippen molar-refractivity contribution < 1.29 is 9.72 Å². The largest absolute Gasteiger partial charge is 0.305 e. The molecule has 1 aromatic carbocycles. The zero-order valence-electron chi connectivity index (χ0n) is 9.79. The molecule has 0 aliphatic carbocycles. The first kappa shape index (κ1) is 14.1. The second-order valence-corrected chi connectivity index (χ2v) is 4.84. The van der Waals surface area contributed by atoms with Crippen molar-refractivity contribution in [2.45, 2.75) is 0 Å². The van der Waals surface area contributed by atoms with Gasteiger partial charge in [-0.05, 0) is 34.7 Å². The summed E-state index contributed by atoms with van der Waals surface area (Å²) in [5.74, 6) is -0.394. The highest BCUT2D eigenvalue weighted by atomic mass is 127. The van der Waals surface area contributed by atoms with Crippen LogP contribution in [0.15, 0.2) is 35.1 Å². The Morgan fingerprint density at radius 3 is 2.70 bits per heavy atom. The molecule has 20 heavy (non-hydrogen) atoms. The molecule has 0 saturated carbocycles. The molecular formula is C11H7IN4O4. The zero-order valence-corrected chi connectivity index (χ0v) is 11.9. The summed E-state index contributed by atoms with van der Waals surface area (Å²) in [5, 5.41) is 18.9. The molecule has 102 valence electrons. The summed E-state index contributed by atoms with van der Waals surface area (Å²) in [7, 11) is 0. The number of aromatic nitrogens is 2. The van der Waals surface area contributed by atoms with Crippen LogP contribution in [0.5, 0.6) is 0 Å². The third-order valence-electron chi connectivity index (χ3n) is 2.33. The van der Waals surface area contributed by atoms with E-state index >= 15 is 0 Å². The molecule has 0 bridgehead atoms. The van der Waals surface area contributed by atoms with Gasteiger partial charge in [0.15, 0.2) is 5.82 Å². The van der Waals surface area contributed by atoms with E-state index in [0.29, 0.717) is 3.57 Å². The quantitative estimate of drug-likeness (QED) is 0.471. The van der Waals surface area contributed by atoms with Crippen LogP contribution in [0.25, 0.3) is 0 Å². The maximum absolute atomic E-state index is 12.0. The number of carbonyl (C=O) groups is 1. The predicted molar refractivity (Wildman–Crippen MR) is 78.6 cm³/mol. The van der Waals surface area contributed by atoms with Crippen LogP contribution in [0.3, 0.4) is 0 Å². The molecule has 1 aromatic heterocycles. The van der Waals surface area contributed by atoms with Crippen molar-refractivity contribution in [3.63, 3.8) is 0 Å². The van der Waals surface area contributed by atoms with Gasteiger partial charge in [0.25, 0.3) is 17.2 Å². The normalized spacial score (nSPS) is 10.1. The molecule has 0 aliphatic rings. The predicted octanol–water partition coefficient (Wildman–Crippen LogP) is 1.53. The van der Waals surface area contributed by atoms with Gasteiger partial charge in [0.2, 0.25) is 0 Å². The lowest BCUT2D eigenvalue weighted by atomic mass is 10.2. The minimum absolute atomic E-state index is 0.150. The molecule has 2 aromatic rings. The third kappa shape index (κ3) is 3.17. The average molecular weight is 386 g/mol. The lowest BCUT2D eigenvalue weighted by Gasteiger charge is -2.05. The summed E-state index contributed by atoms with van der Waals surface area (Å²) in [5.41, 5.74) is -0.411. The molecule has 0 atom stereocenters. The van der Waals surface area contributed by atoms with Crippen molar-refractivity contribution in [1.82, 2.24) is 10.2 Å². The maximum atomic E-state index is 12.0. The van der Waals surface area contributed by atoms with E-state index in [2.05, 4.69) is 15.5 Å². The summed E-state index contributed by atoms with van der Waals surface area (Å²) in [4.78, 5) is 33.0. The molecule has 1 amide bonds. The van der Waals surface area contributed by atoms with E-state index in [4.69, 9.17) is 0 Å². The van der Waals surface area contributed by atoms with E-state index in [0.717, 1.165) is 0 Å². The van der Waals surface area contributed by atoms with Gasteiger partial charge in [-0.15, -0.1) is 0 Å². The van der Waals surface area contributed by atoms with Crippen molar-refractivity contribution in [2.75, 3.05) is 5.32 Å². The lowest BCUT2D eigenvalue weighted by Crippen LogP contribution is -2.17. The van der Waals surface area contributed by atoms with E-state index in [9.17, 15) is 19.7 Å². The summed E-state index contributed by atoms with van der Waals surface area (Å²) in [6.07, 6.45) is 0. The van der Waals surface area contributed by atoms with Crippen molar-refractivity contribution in [3.8, 4) is 0 Å². The first-order valence-electron chi connectivity index (χ1n) is 5.28. The number of aromatic amines is 1. The van der Waals surface area contributed by atoms with Crippen LogP contribution in [0.1, 0.15) is 10.4 Å². The SMILES string of the molecule is O=C(Nc1ccc(=O)[nH]n1)c1cc([N+](=O)[O-])ccc1I. The summed E-state index contributed by atoms with van der Waals surface area (Å²) in [6.45, 7) is 0. The van der Waals surface area contributed by atoms with Gasteiger partial charge >= 0.3 is 0 Å². The number of nitro benzene ring substituents is 1. The third-order valence-corrected chi connectivity index (χ3v) is 3.27. The Morgan fingerprint density at radius 2 is 2.10 bits per heavy atom. The molecule has 0 fully saturated rings. The number of nitrogens with one attached hydrogen (secondary N) is 2. The second-order valence-electron chi connectivity index (χ2n) is 3.68. The van der Waals surface area contributed by atoms with Gasteiger partial charge in [0.05, 0.1) is 10.5 Å². The summed E-state index contributed by atoms with van der Waals surface area (Å²) in [6, 6.07) is 6.52. The molecule has 0 radical (unpaired) electrons. The molecule has 0 saturated heterocycles. The number of amides is 1. The van der Waals surface area contributed by atoms with Gasteiger partial charge in [-0.1, -0.05) is 0 Å². The van der Waals surface area contributed by atoms with Crippen LogP contribution in [-0.2, 0) is 0 Å². The molecular weight excluding hydrogens is 379 g/mol. The molecule has 2 rings (SSSR count). The highest BCUT2D eigenvalue weighted by Gasteiger charge is 2.16. The van der Waals surface area contributed by atoms with Crippen molar-refractivity contribution in [3.05, 3.63) is 59.9 Å². The zero-order chi connectivity index (χ0) is 14.7. The number of nitrogens with zero attached hydrogens (tertiary/aromatic N) is 2. The molecule has 8 nitrogen and oxygen atoms in total. The first-order chi connectivity index (χ1) is 9.47. The molecule has 0 spiro atoms. The van der Waals surface area contributed by atoms with E-state index in [-0.39, 0.29) is 17.1 Å². The smallest absolute Gasteiger partial charge is 0.270 e. The van der Waals surface area contributed by atoms with Crippen molar-refractivity contribution >= 4 is 40.0 Å². The Labute approximate surface area is 125 Å². The fraction of sp³-hybridized carbons (Fsp3) is 0. The Hall–Kier alpha value is -2.30. The van der Waals surface area contributed by atoms with E-state index < -0.39 is 16.4 Å². The monoisotopic (exact) mass is 386 g/mol. The number of hydrogen-bond acceptors (Lipinski definition) is 5. The Balaban J connectivity index is 2.28. The summed E-state index contributed by atoms with van der Waals surface area (Å²) < 4.78 is 0.565. The summed E-state index contributed by atoms with van der Waals surface area (Å²) >= 11 is 1.90. The van der Waals surface area contributed by atoms with E-state index in [1.807, 2.05) is 22.6 Å². The number of anilines is 1.